The molecule has 0 radical (unpaired) electrons. The number of rotatable bonds is 9. The maximum Gasteiger partial charge on any atom is 0.160 e. The van der Waals surface area contributed by atoms with Gasteiger partial charge in [-0.05, 0) is 47.5 Å². The summed E-state index contributed by atoms with van der Waals surface area (Å²) >= 11 is 0. The normalized spacial score (nSPS) is 11.3. The molecule has 5 nitrogen and oxygen atoms in total. The first-order valence-electron chi connectivity index (χ1n) is 22.5. The van der Waals surface area contributed by atoms with Crippen LogP contribution in [0.2, 0.25) is 0 Å². The lowest BCUT2D eigenvalue weighted by Crippen LogP contribution is -1.98. The average molecular weight is 856 g/mol. The topological polar surface area (TPSA) is 56.5 Å². The Morgan fingerprint density at radius 2 is 0.537 bits per heavy atom. The first-order chi connectivity index (χ1) is 33.2. The van der Waals surface area contributed by atoms with Gasteiger partial charge in [-0.15, -0.1) is 0 Å². The van der Waals surface area contributed by atoms with E-state index in [1.54, 1.807) is 0 Å². The fourth-order valence-electron chi connectivity index (χ4n) is 9.25. The fourth-order valence-corrected chi connectivity index (χ4v) is 9.25. The van der Waals surface area contributed by atoms with E-state index in [4.69, 9.17) is 19.9 Å². The molecule has 9 aromatic carbocycles. The highest BCUT2D eigenvalue weighted by molar-refractivity contribution is 6.17. The second kappa shape index (κ2) is 17.1. The molecule has 0 aliphatic heterocycles. The van der Waals surface area contributed by atoms with Gasteiger partial charge in [0, 0.05) is 61.0 Å². The summed E-state index contributed by atoms with van der Waals surface area (Å²) in [5.74, 6) is 1.35. The number of nitrogens with zero attached hydrogens (tertiary/aromatic N) is 5. The van der Waals surface area contributed by atoms with Crippen LogP contribution < -0.4 is 0 Å². The summed E-state index contributed by atoms with van der Waals surface area (Å²) in [6.45, 7) is 0. The predicted octanol–water partition coefficient (Wildman–Crippen LogP) is 15.7. The van der Waals surface area contributed by atoms with Crippen molar-refractivity contribution in [3.8, 4) is 95.7 Å². The Bertz CT molecular complexity index is 3380. The van der Waals surface area contributed by atoms with Crippen LogP contribution in [-0.2, 0) is 0 Å². The molecule has 0 spiro atoms. The summed E-state index contributed by atoms with van der Waals surface area (Å²) in [4.78, 5) is 20.7. The lowest BCUT2D eigenvalue weighted by molar-refractivity contribution is 1.18. The summed E-state index contributed by atoms with van der Waals surface area (Å²) in [5, 5.41) is 2.33. The molecule has 0 saturated carbocycles. The molecule has 0 saturated heterocycles. The quantitative estimate of drug-likeness (QED) is 0.145. The maximum absolute atomic E-state index is 5.19. The molecule has 5 heteroatoms. The molecular weight excluding hydrogens is 815 g/mol. The van der Waals surface area contributed by atoms with Crippen molar-refractivity contribution < 1.29 is 0 Å². The van der Waals surface area contributed by atoms with Crippen LogP contribution in [0.1, 0.15) is 0 Å². The third-order valence-electron chi connectivity index (χ3n) is 12.4. The Kier molecular flexibility index (Phi) is 10.1. The lowest BCUT2D eigenvalue weighted by Gasteiger charge is -2.15. The van der Waals surface area contributed by atoms with E-state index < -0.39 is 0 Å². The molecule has 0 unspecified atom stereocenters. The van der Waals surface area contributed by atoms with Gasteiger partial charge in [0.15, 0.2) is 11.6 Å². The van der Waals surface area contributed by atoms with Crippen molar-refractivity contribution in [1.29, 1.82) is 0 Å². The van der Waals surface area contributed by atoms with Gasteiger partial charge >= 0.3 is 0 Å². The Balaban J connectivity index is 1.03. The number of aromatic nitrogens is 5. The Hall–Kier alpha value is -9.06. The molecule has 3 heterocycles. The van der Waals surface area contributed by atoms with Gasteiger partial charge in [-0.3, -0.25) is 0 Å². The summed E-state index contributed by atoms with van der Waals surface area (Å²) in [5.41, 5.74) is 17.3. The van der Waals surface area contributed by atoms with E-state index in [1.165, 1.54) is 10.8 Å². The molecule has 0 bridgehead atoms. The molecule has 0 amide bonds. The van der Waals surface area contributed by atoms with Crippen LogP contribution >= 0.6 is 0 Å². The van der Waals surface area contributed by atoms with Crippen LogP contribution in [0, 0.1) is 0 Å². The van der Waals surface area contributed by atoms with Gasteiger partial charge < -0.3 is 4.57 Å². The van der Waals surface area contributed by atoms with E-state index in [0.717, 1.165) is 95.1 Å². The second-order valence-electron chi connectivity index (χ2n) is 16.6. The highest BCUT2D eigenvalue weighted by Crippen LogP contribution is 2.43. The van der Waals surface area contributed by atoms with Crippen LogP contribution in [0.3, 0.4) is 0 Å². The average Bonchev–Trinajstić information content (AvgIpc) is 3.77. The molecule has 314 valence electrons. The zero-order valence-electron chi connectivity index (χ0n) is 36.4. The van der Waals surface area contributed by atoms with Gasteiger partial charge in [-0.1, -0.05) is 212 Å². The summed E-state index contributed by atoms with van der Waals surface area (Å²) in [7, 11) is 0. The molecule has 0 aliphatic carbocycles. The van der Waals surface area contributed by atoms with E-state index in [0.29, 0.717) is 11.6 Å². The largest absolute Gasteiger partial charge is 0.308 e. The first kappa shape index (κ1) is 39.5. The van der Waals surface area contributed by atoms with Crippen LogP contribution in [0.15, 0.2) is 249 Å². The minimum absolute atomic E-state index is 0.675. The van der Waals surface area contributed by atoms with Crippen molar-refractivity contribution in [3.63, 3.8) is 0 Å². The highest BCUT2D eigenvalue weighted by Gasteiger charge is 2.21. The monoisotopic (exact) mass is 855 g/mol. The maximum atomic E-state index is 5.19. The van der Waals surface area contributed by atoms with Gasteiger partial charge in [0.2, 0.25) is 0 Å². The van der Waals surface area contributed by atoms with E-state index in [1.807, 2.05) is 24.3 Å². The molecule has 3 aromatic heterocycles. The minimum atomic E-state index is 0.675. The van der Waals surface area contributed by atoms with Crippen LogP contribution in [0.4, 0.5) is 0 Å². The zero-order valence-corrected chi connectivity index (χ0v) is 36.4. The zero-order chi connectivity index (χ0) is 44.5. The molecule has 12 rings (SSSR count). The van der Waals surface area contributed by atoms with Crippen molar-refractivity contribution in [2.24, 2.45) is 0 Å². The first-order valence-corrected chi connectivity index (χ1v) is 22.5. The summed E-state index contributed by atoms with van der Waals surface area (Å²) in [6, 6.07) is 86.9. The Morgan fingerprint density at radius 3 is 0.896 bits per heavy atom. The second-order valence-corrected chi connectivity index (χ2v) is 16.6. The van der Waals surface area contributed by atoms with Gasteiger partial charge in [0.05, 0.1) is 33.8 Å². The van der Waals surface area contributed by atoms with Crippen LogP contribution in [0.25, 0.3) is 118 Å². The third kappa shape index (κ3) is 7.54. The SMILES string of the molecule is c1ccc(-c2cc(-c3ccccc3)nc(-c3cccc(-c4cccc5c6cccc(-c7cccc(-c8nc(-c9ccccc9)cc(-c9ccccc9)n8)c7)c6n(-c6ccccc6)c45)c3)n2)cc1. The molecule has 0 aliphatic rings. The lowest BCUT2D eigenvalue weighted by atomic mass is 9.98. The fraction of sp³-hybridized carbons (Fsp3) is 0. The van der Waals surface area contributed by atoms with Gasteiger partial charge in [0.25, 0.3) is 0 Å². The number of hydrogen-bond donors (Lipinski definition) is 0. The van der Waals surface area contributed by atoms with Crippen molar-refractivity contribution in [1.82, 2.24) is 24.5 Å². The van der Waals surface area contributed by atoms with E-state index in [9.17, 15) is 0 Å². The molecule has 0 N–H and O–H groups in total. The summed E-state index contributed by atoms with van der Waals surface area (Å²) < 4.78 is 2.44. The van der Waals surface area contributed by atoms with Gasteiger partial charge in [-0.2, -0.15) is 0 Å². The molecule has 67 heavy (non-hydrogen) atoms. The number of fused-ring (bicyclic) bond motifs is 3. The predicted molar refractivity (Wildman–Crippen MR) is 275 cm³/mol. The minimum Gasteiger partial charge on any atom is -0.308 e. The van der Waals surface area contributed by atoms with E-state index >= 15 is 0 Å². The number of para-hydroxylation sites is 3. The van der Waals surface area contributed by atoms with Crippen molar-refractivity contribution >= 4 is 21.8 Å². The molecule has 12 aromatic rings. The van der Waals surface area contributed by atoms with Crippen LogP contribution in [-0.4, -0.2) is 24.5 Å². The van der Waals surface area contributed by atoms with Gasteiger partial charge in [-0.25, -0.2) is 19.9 Å². The van der Waals surface area contributed by atoms with Gasteiger partial charge in [0.1, 0.15) is 0 Å². The molecular formula is C62H41N5. The summed E-state index contributed by atoms with van der Waals surface area (Å²) in [6.07, 6.45) is 0. The van der Waals surface area contributed by atoms with E-state index in [-0.39, 0.29) is 0 Å². The molecule has 0 atom stereocenters. The Morgan fingerprint density at radius 1 is 0.239 bits per heavy atom. The van der Waals surface area contributed by atoms with Crippen molar-refractivity contribution in [3.05, 3.63) is 249 Å². The van der Waals surface area contributed by atoms with Crippen molar-refractivity contribution in [2.45, 2.75) is 0 Å². The molecule has 0 fully saturated rings. The number of hydrogen-bond acceptors (Lipinski definition) is 4. The van der Waals surface area contributed by atoms with E-state index in [2.05, 4.69) is 229 Å². The third-order valence-corrected chi connectivity index (χ3v) is 12.4. The smallest absolute Gasteiger partial charge is 0.160 e. The standard InChI is InChI=1S/C62H41N5/c1-6-20-42(21-7-1)55-40-56(43-22-8-2-9-23-43)64-61(63-55)48-30-16-28-46(38-48)51-34-18-36-53-54-37-19-35-52(60(54)67(59(51)53)50-32-14-5-15-33-50)47-29-17-31-49(39-47)62-65-57(44-24-10-3-11-25-44)41-58(66-62)45-26-12-4-13-27-45/h1-41H. The van der Waals surface area contributed by atoms with Crippen LogP contribution in [0.5, 0.6) is 0 Å². The Labute approximate surface area is 389 Å². The highest BCUT2D eigenvalue weighted by atomic mass is 15.0. The van der Waals surface area contributed by atoms with Crippen molar-refractivity contribution in [2.75, 3.05) is 0 Å². The number of benzene rings is 9.